The molecule has 1 aliphatic rings. The van der Waals surface area contributed by atoms with Crippen molar-refractivity contribution in [3.63, 3.8) is 0 Å². The molecule has 9 heteroatoms. The number of halogens is 1. The molecule has 2 atom stereocenters. The molecule has 0 bridgehead atoms. The molecule has 2 rings (SSSR count). The summed E-state index contributed by atoms with van der Waals surface area (Å²) in [4.78, 5) is 18.1. The maximum Gasteiger partial charge on any atom is 0.410 e. The van der Waals surface area contributed by atoms with Crippen LogP contribution in [0.5, 0.6) is 0 Å². The van der Waals surface area contributed by atoms with Crippen molar-refractivity contribution in [3.8, 4) is 0 Å². The molecule has 0 aromatic carbocycles. The van der Waals surface area contributed by atoms with E-state index in [1.165, 1.54) is 0 Å². The highest BCUT2D eigenvalue weighted by atomic mass is 35.5. The number of nitrogens with one attached hydrogen (secondary N) is 1. The summed E-state index contributed by atoms with van der Waals surface area (Å²) in [5.74, 6) is 0. The molecule has 1 aromatic rings. The lowest BCUT2D eigenvalue weighted by Crippen LogP contribution is -2.58. The number of carbonyl (C=O) groups is 1. The molecule has 0 saturated carbocycles. The quantitative estimate of drug-likeness (QED) is 0.780. The van der Waals surface area contributed by atoms with Crippen molar-refractivity contribution >= 4 is 27.7 Å². The van der Waals surface area contributed by atoms with Gasteiger partial charge in [0.1, 0.15) is 5.15 Å². The van der Waals surface area contributed by atoms with E-state index >= 15 is 0 Å². The molecule has 7 nitrogen and oxygen atoms in total. The van der Waals surface area contributed by atoms with Gasteiger partial charge in [0.15, 0.2) is 0 Å². The summed E-state index contributed by atoms with van der Waals surface area (Å²) in [6.07, 6.45) is 3.92. The van der Waals surface area contributed by atoms with E-state index in [2.05, 4.69) is 9.71 Å². The van der Waals surface area contributed by atoms with Gasteiger partial charge in [0.2, 0.25) is 10.0 Å². The van der Waals surface area contributed by atoms with Crippen molar-refractivity contribution in [1.29, 1.82) is 0 Å². The number of piperidine rings is 1. The highest BCUT2D eigenvalue weighted by molar-refractivity contribution is 7.88. The van der Waals surface area contributed by atoms with Crippen LogP contribution in [0.15, 0.2) is 18.3 Å². The molecule has 0 unspecified atom stereocenters. The first-order valence-electron chi connectivity index (χ1n) is 8.20. The van der Waals surface area contributed by atoms with Crippen molar-refractivity contribution < 1.29 is 17.9 Å². The van der Waals surface area contributed by atoms with Gasteiger partial charge in [0.25, 0.3) is 0 Å². The largest absolute Gasteiger partial charge is 0.447 e. The zero-order valence-corrected chi connectivity index (χ0v) is 16.2. The number of pyridine rings is 1. The van der Waals surface area contributed by atoms with Gasteiger partial charge in [-0.25, -0.2) is 22.9 Å². The standard InChI is InChI=1S/C16H24ClN3O4S/c1-11(2)24-16(21)20-8-4-5-13(19-25(3,22)23)14(20)9-12-6-7-15(17)18-10-12/h6-7,10-11,13-14,19H,4-5,8-9H2,1-3H3/t13-,14-/m1/s1. The molecule has 0 radical (unpaired) electrons. The van der Waals surface area contributed by atoms with Crippen molar-refractivity contribution in [2.45, 2.75) is 51.3 Å². The molecular formula is C16H24ClN3O4S. The Morgan fingerprint density at radius 3 is 2.76 bits per heavy atom. The number of hydrogen-bond donors (Lipinski definition) is 1. The van der Waals surface area contributed by atoms with E-state index in [4.69, 9.17) is 16.3 Å². The third kappa shape index (κ3) is 6.13. The number of carbonyl (C=O) groups excluding carboxylic acids is 1. The molecule has 1 fully saturated rings. The fourth-order valence-corrected chi connectivity index (χ4v) is 3.92. The summed E-state index contributed by atoms with van der Waals surface area (Å²) in [6.45, 7) is 4.09. The van der Waals surface area contributed by atoms with Gasteiger partial charge in [-0.2, -0.15) is 0 Å². The Labute approximate surface area is 153 Å². The molecular weight excluding hydrogens is 366 g/mol. The molecule has 1 saturated heterocycles. The Hall–Kier alpha value is -1.38. The first kappa shape index (κ1) is 19.9. The summed E-state index contributed by atoms with van der Waals surface area (Å²) in [5, 5.41) is 0.384. The van der Waals surface area contributed by atoms with Gasteiger partial charge in [-0.3, -0.25) is 0 Å². The molecule has 2 heterocycles. The summed E-state index contributed by atoms with van der Waals surface area (Å²) in [7, 11) is -3.39. The van der Waals surface area contributed by atoms with Gasteiger partial charge in [0.05, 0.1) is 18.4 Å². The van der Waals surface area contributed by atoms with Crippen LogP contribution in [-0.4, -0.2) is 55.4 Å². The normalized spacial score (nSPS) is 21.4. The minimum Gasteiger partial charge on any atom is -0.447 e. The van der Waals surface area contributed by atoms with Crippen LogP contribution in [0, 0.1) is 0 Å². The Bertz CT molecular complexity index is 694. The van der Waals surface area contributed by atoms with Gasteiger partial charge < -0.3 is 9.64 Å². The molecule has 1 N–H and O–H groups in total. The first-order chi connectivity index (χ1) is 11.7. The van der Waals surface area contributed by atoms with Crippen LogP contribution in [0.4, 0.5) is 4.79 Å². The highest BCUT2D eigenvalue weighted by Crippen LogP contribution is 2.23. The summed E-state index contributed by atoms with van der Waals surface area (Å²) >= 11 is 5.82. The van der Waals surface area contributed by atoms with Crippen molar-refractivity contribution in [1.82, 2.24) is 14.6 Å². The highest BCUT2D eigenvalue weighted by Gasteiger charge is 2.36. The van der Waals surface area contributed by atoms with E-state index in [1.54, 1.807) is 31.0 Å². The van der Waals surface area contributed by atoms with E-state index < -0.39 is 16.1 Å². The molecule has 25 heavy (non-hydrogen) atoms. The SMILES string of the molecule is CC(C)OC(=O)N1CCC[C@@H](NS(C)(=O)=O)[C@H]1Cc1ccc(Cl)nc1. The topological polar surface area (TPSA) is 88.6 Å². The van der Waals surface area contributed by atoms with E-state index in [0.29, 0.717) is 31.0 Å². The lowest BCUT2D eigenvalue weighted by atomic mass is 9.92. The third-order valence-electron chi connectivity index (χ3n) is 3.95. The maximum absolute atomic E-state index is 12.5. The molecule has 1 aliphatic heterocycles. The summed E-state index contributed by atoms with van der Waals surface area (Å²) in [5.41, 5.74) is 0.874. The van der Waals surface area contributed by atoms with Crippen molar-refractivity contribution in [3.05, 3.63) is 29.0 Å². The predicted molar refractivity (Wildman–Crippen MR) is 96.1 cm³/mol. The number of hydrogen-bond acceptors (Lipinski definition) is 5. The molecule has 1 amide bonds. The average Bonchev–Trinajstić information content (AvgIpc) is 2.49. The van der Waals surface area contributed by atoms with Crippen LogP contribution in [0.25, 0.3) is 0 Å². The van der Waals surface area contributed by atoms with E-state index in [9.17, 15) is 13.2 Å². The second-order valence-electron chi connectivity index (χ2n) is 6.53. The Kier molecular flexibility index (Phi) is 6.65. The van der Waals surface area contributed by atoms with Gasteiger partial charge in [-0.05, 0) is 44.7 Å². The molecule has 0 aliphatic carbocycles. The third-order valence-corrected chi connectivity index (χ3v) is 4.90. The number of ether oxygens (including phenoxy) is 1. The monoisotopic (exact) mass is 389 g/mol. The second kappa shape index (κ2) is 8.33. The van der Waals surface area contributed by atoms with Gasteiger partial charge in [-0.15, -0.1) is 0 Å². The van der Waals surface area contributed by atoms with E-state index in [-0.39, 0.29) is 18.2 Å². The number of aromatic nitrogens is 1. The lowest BCUT2D eigenvalue weighted by Gasteiger charge is -2.41. The summed E-state index contributed by atoms with van der Waals surface area (Å²) < 4.78 is 31.4. The first-order valence-corrected chi connectivity index (χ1v) is 10.5. The average molecular weight is 390 g/mol. The molecule has 140 valence electrons. The maximum atomic E-state index is 12.5. The van der Waals surface area contributed by atoms with Gasteiger partial charge in [-0.1, -0.05) is 17.7 Å². The fraction of sp³-hybridized carbons (Fsp3) is 0.625. The Balaban J connectivity index is 2.26. The zero-order chi connectivity index (χ0) is 18.6. The Morgan fingerprint density at radius 2 is 2.20 bits per heavy atom. The van der Waals surface area contributed by atoms with Gasteiger partial charge in [0, 0.05) is 18.8 Å². The number of rotatable bonds is 5. The minimum absolute atomic E-state index is 0.242. The smallest absolute Gasteiger partial charge is 0.410 e. The van der Waals surface area contributed by atoms with Crippen LogP contribution in [-0.2, 0) is 21.2 Å². The van der Waals surface area contributed by atoms with Crippen LogP contribution >= 0.6 is 11.6 Å². The van der Waals surface area contributed by atoms with Crippen LogP contribution in [0.1, 0.15) is 32.3 Å². The predicted octanol–water partition coefficient (Wildman–Crippen LogP) is 2.20. The van der Waals surface area contributed by atoms with Gasteiger partial charge >= 0.3 is 6.09 Å². The van der Waals surface area contributed by atoms with Crippen molar-refractivity contribution in [2.75, 3.05) is 12.8 Å². The van der Waals surface area contributed by atoms with E-state index in [0.717, 1.165) is 11.8 Å². The van der Waals surface area contributed by atoms with Crippen LogP contribution in [0.2, 0.25) is 5.15 Å². The minimum atomic E-state index is -3.39. The number of nitrogens with zero attached hydrogens (tertiary/aromatic N) is 2. The number of likely N-dealkylation sites (tertiary alicyclic amines) is 1. The number of sulfonamides is 1. The van der Waals surface area contributed by atoms with Crippen LogP contribution < -0.4 is 4.72 Å². The molecule has 0 spiro atoms. The lowest BCUT2D eigenvalue weighted by molar-refractivity contribution is 0.0461. The van der Waals surface area contributed by atoms with Crippen LogP contribution in [0.3, 0.4) is 0 Å². The zero-order valence-electron chi connectivity index (χ0n) is 14.6. The Morgan fingerprint density at radius 1 is 1.48 bits per heavy atom. The number of amides is 1. The second-order valence-corrected chi connectivity index (χ2v) is 8.69. The fourth-order valence-electron chi connectivity index (χ4n) is 2.99. The molecule has 1 aromatic heterocycles. The van der Waals surface area contributed by atoms with Crippen molar-refractivity contribution in [2.24, 2.45) is 0 Å². The summed E-state index contributed by atoms with van der Waals surface area (Å²) in [6, 6.07) is 2.78. The van der Waals surface area contributed by atoms with E-state index in [1.807, 2.05) is 6.07 Å².